The highest BCUT2D eigenvalue weighted by atomic mass is 15.1. The van der Waals surface area contributed by atoms with E-state index in [0.717, 1.165) is 5.69 Å². The van der Waals surface area contributed by atoms with E-state index in [-0.39, 0.29) is 0 Å². The average Bonchev–Trinajstić information content (AvgIpc) is 3.23. The summed E-state index contributed by atoms with van der Waals surface area (Å²) in [5.41, 5.74) is 10.8. The lowest BCUT2D eigenvalue weighted by Crippen LogP contribution is -2.10. The molecule has 1 aromatic heterocycles. The number of hydrogen-bond donors (Lipinski definition) is 1. The summed E-state index contributed by atoms with van der Waals surface area (Å²) in [5.74, 6) is 0. The van der Waals surface area contributed by atoms with E-state index >= 15 is 0 Å². The summed E-state index contributed by atoms with van der Waals surface area (Å²) in [5, 5.41) is 2.53. The molecular weight excluding hydrogens is 412 g/mol. The summed E-state index contributed by atoms with van der Waals surface area (Å²) in [6, 6.07) is 41.4. The number of nitrogens with zero attached hydrogens (tertiary/aromatic N) is 1. The van der Waals surface area contributed by atoms with Gasteiger partial charge < -0.3 is 9.88 Å². The number of aromatic amines is 1. The Hall–Kier alpha value is -4.30. The first-order valence-corrected chi connectivity index (χ1v) is 11.7. The van der Waals surface area contributed by atoms with Crippen molar-refractivity contribution >= 4 is 38.9 Å². The molecule has 0 aliphatic carbocycles. The first kappa shape index (κ1) is 20.3. The fourth-order valence-corrected chi connectivity index (χ4v) is 4.81. The summed E-state index contributed by atoms with van der Waals surface area (Å²) >= 11 is 0. The molecular formula is C32H26N2. The molecule has 164 valence electrons. The quantitative estimate of drug-likeness (QED) is 0.291. The third kappa shape index (κ3) is 3.64. The highest BCUT2D eigenvalue weighted by molar-refractivity contribution is 6.08. The van der Waals surface area contributed by atoms with Crippen LogP contribution in [0.25, 0.3) is 32.9 Å². The number of aromatic nitrogens is 1. The summed E-state index contributed by atoms with van der Waals surface area (Å²) in [4.78, 5) is 5.85. The fourth-order valence-electron chi connectivity index (χ4n) is 4.81. The van der Waals surface area contributed by atoms with Crippen LogP contribution in [0, 0.1) is 13.8 Å². The molecule has 0 saturated heterocycles. The molecule has 5 aromatic carbocycles. The maximum absolute atomic E-state index is 3.52. The molecule has 0 fully saturated rings. The number of aryl methyl sites for hydroxylation is 2. The monoisotopic (exact) mass is 438 g/mol. The molecule has 1 N–H and O–H groups in total. The molecule has 0 radical (unpaired) electrons. The van der Waals surface area contributed by atoms with Gasteiger partial charge in [0.25, 0.3) is 0 Å². The van der Waals surface area contributed by atoms with Gasteiger partial charge >= 0.3 is 0 Å². The molecule has 0 bridgehead atoms. The van der Waals surface area contributed by atoms with Gasteiger partial charge in [-0.15, -0.1) is 0 Å². The van der Waals surface area contributed by atoms with Crippen LogP contribution in [0.15, 0.2) is 115 Å². The van der Waals surface area contributed by atoms with Crippen LogP contribution < -0.4 is 4.90 Å². The van der Waals surface area contributed by atoms with Gasteiger partial charge in [-0.1, -0.05) is 60.7 Å². The van der Waals surface area contributed by atoms with Gasteiger partial charge in [0.15, 0.2) is 0 Å². The van der Waals surface area contributed by atoms with Gasteiger partial charge in [0, 0.05) is 38.9 Å². The van der Waals surface area contributed by atoms with Crippen LogP contribution in [0.5, 0.6) is 0 Å². The van der Waals surface area contributed by atoms with Crippen LogP contribution >= 0.6 is 0 Å². The van der Waals surface area contributed by atoms with E-state index in [0.29, 0.717) is 0 Å². The van der Waals surface area contributed by atoms with E-state index in [1.165, 1.54) is 55.4 Å². The Balaban J connectivity index is 1.42. The lowest BCUT2D eigenvalue weighted by Gasteiger charge is -2.26. The van der Waals surface area contributed by atoms with Crippen LogP contribution in [-0.2, 0) is 0 Å². The van der Waals surface area contributed by atoms with E-state index in [9.17, 15) is 0 Å². The standard InChI is InChI=1S/C32H26N2/c1-22-7-5-9-27(19-22)34(28-10-6-8-23(2)20-28)26-16-13-24(14-17-26)25-15-18-32-30(21-25)29-11-3-4-12-31(29)33-32/h3-21,33H,1-2H3. The van der Waals surface area contributed by atoms with Crippen molar-refractivity contribution in [3.05, 3.63) is 126 Å². The van der Waals surface area contributed by atoms with E-state index < -0.39 is 0 Å². The molecule has 0 aliphatic heterocycles. The molecule has 34 heavy (non-hydrogen) atoms. The zero-order chi connectivity index (χ0) is 23.1. The number of rotatable bonds is 4. The van der Waals surface area contributed by atoms with E-state index in [1.54, 1.807) is 0 Å². The molecule has 6 aromatic rings. The van der Waals surface area contributed by atoms with E-state index in [2.05, 4.69) is 139 Å². The summed E-state index contributed by atoms with van der Waals surface area (Å²) in [7, 11) is 0. The SMILES string of the molecule is Cc1cccc(N(c2ccc(-c3ccc4[nH]c5ccccc5c4c3)cc2)c2cccc(C)c2)c1. The smallest absolute Gasteiger partial charge is 0.0465 e. The third-order valence-electron chi connectivity index (χ3n) is 6.48. The van der Waals surface area contributed by atoms with Crippen molar-refractivity contribution in [2.24, 2.45) is 0 Å². The minimum Gasteiger partial charge on any atom is -0.355 e. The van der Waals surface area contributed by atoms with Gasteiger partial charge in [0.2, 0.25) is 0 Å². The molecule has 0 saturated carbocycles. The number of hydrogen-bond acceptors (Lipinski definition) is 1. The second kappa shape index (κ2) is 8.24. The number of nitrogens with one attached hydrogen (secondary N) is 1. The van der Waals surface area contributed by atoms with Crippen molar-refractivity contribution < 1.29 is 0 Å². The van der Waals surface area contributed by atoms with Gasteiger partial charge in [-0.25, -0.2) is 0 Å². The minimum absolute atomic E-state index is 1.15. The summed E-state index contributed by atoms with van der Waals surface area (Å²) in [6.45, 7) is 4.28. The largest absolute Gasteiger partial charge is 0.355 e. The van der Waals surface area contributed by atoms with Crippen molar-refractivity contribution in [3.63, 3.8) is 0 Å². The Bertz CT molecular complexity index is 1580. The lowest BCUT2D eigenvalue weighted by atomic mass is 10.0. The molecule has 0 aliphatic rings. The molecule has 2 heteroatoms. The topological polar surface area (TPSA) is 19.0 Å². The molecule has 0 atom stereocenters. The number of para-hydroxylation sites is 1. The highest BCUT2D eigenvalue weighted by Gasteiger charge is 2.13. The molecule has 6 rings (SSSR count). The Kier molecular flexibility index (Phi) is 4.92. The van der Waals surface area contributed by atoms with Gasteiger partial charge in [0.1, 0.15) is 0 Å². The Labute approximate surface area is 200 Å². The first-order valence-electron chi connectivity index (χ1n) is 11.7. The second-order valence-electron chi connectivity index (χ2n) is 8.99. The maximum atomic E-state index is 3.52. The van der Waals surface area contributed by atoms with Crippen LogP contribution in [-0.4, -0.2) is 4.98 Å². The number of H-pyrrole nitrogens is 1. The molecule has 2 nitrogen and oxygen atoms in total. The van der Waals surface area contributed by atoms with Crippen LogP contribution in [0.3, 0.4) is 0 Å². The molecule has 0 amide bonds. The predicted molar refractivity (Wildman–Crippen MR) is 145 cm³/mol. The molecule has 1 heterocycles. The van der Waals surface area contributed by atoms with Gasteiger partial charge in [-0.05, 0) is 90.7 Å². The minimum atomic E-state index is 1.15. The Morgan fingerprint density at radius 1 is 0.471 bits per heavy atom. The fraction of sp³-hybridized carbons (Fsp3) is 0.0625. The average molecular weight is 439 g/mol. The zero-order valence-electron chi connectivity index (χ0n) is 19.4. The number of anilines is 3. The first-order chi connectivity index (χ1) is 16.7. The second-order valence-corrected chi connectivity index (χ2v) is 8.99. The third-order valence-corrected chi connectivity index (χ3v) is 6.48. The normalized spacial score (nSPS) is 11.2. The number of fused-ring (bicyclic) bond motifs is 3. The van der Waals surface area contributed by atoms with Crippen molar-refractivity contribution in [2.45, 2.75) is 13.8 Å². The van der Waals surface area contributed by atoms with Crippen LogP contribution in [0.4, 0.5) is 17.1 Å². The number of benzene rings is 5. The van der Waals surface area contributed by atoms with Crippen molar-refractivity contribution in [1.82, 2.24) is 4.98 Å². The van der Waals surface area contributed by atoms with Crippen molar-refractivity contribution in [2.75, 3.05) is 4.90 Å². The predicted octanol–water partition coefficient (Wildman–Crippen LogP) is 9.07. The molecule has 0 unspecified atom stereocenters. The van der Waals surface area contributed by atoms with E-state index in [4.69, 9.17) is 0 Å². The van der Waals surface area contributed by atoms with Crippen LogP contribution in [0.2, 0.25) is 0 Å². The van der Waals surface area contributed by atoms with Gasteiger partial charge in [-0.3, -0.25) is 0 Å². The zero-order valence-corrected chi connectivity index (χ0v) is 19.4. The van der Waals surface area contributed by atoms with Crippen LogP contribution in [0.1, 0.15) is 11.1 Å². The van der Waals surface area contributed by atoms with E-state index in [1.807, 2.05) is 0 Å². The molecule has 0 spiro atoms. The van der Waals surface area contributed by atoms with Gasteiger partial charge in [-0.2, -0.15) is 0 Å². The lowest BCUT2D eigenvalue weighted by molar-refractivity contribution is 1.26. The summed E-state index contributed by atoms with van der Waals surface area (Å²) < 4.78 is 0. The van der Waals surface area contributed by atoms with Crippen molar-refractivity contribution in [3.8, 4) is 11.1 Å². The summed E-state index contributed by atoms with van der Waals surface area (Å²) in [6.07, 6.45) is 0. The Morgan fingerprint density at radius 3 is 1.76 bits per heavy atom. The van der Waals surface area contributed by atoms with Gasteiger partial charge in [0.05, 0.1) is 0 Å². The van der Waals surface area contributed by atoms with Crippen molar-refractivity contribution in [1.29, 1.82) is 0 Å². The Morgan fingerprint density at radius 2 is 1.09 bits per heavy atom. The maximum Gasteiger partial charge on any atom is 0.0465 e. The highest BCUT2D eigenvalue weighted by Crippen LogP contribution is 2.37.